The average Bonchev–Trinajstić information content (AvgIpc) is 3.04. The lowest BCUT2D eigenvalue weighted by molar-refractivity contribution is 0.292. The van der Waals surface area contributed by atoms with Gasteiger partial charge in [-0.2, -0.15) is 4.98 Å². The topological polar surface area (TPSA) is 76.7 Å². The quantitative estimate of drug-likeness (QED) is 0.766. The Kier molecular flexibility index (Phi) is 3.94. The van der Waals surface area contributed by atoms with Gasteiger partial charge in [0.1, 0.15) is 5.82 Å². The normalized spacial score (nSPS) is 15.7. The summed E-state index contributed by atoms with van der Waals surface area (Å²) in [5.74, 6) is 2.66. The van der Waals surface area contributed by atoms with E-state index in [-0.39, 0.29) is 6.04 Å². The summed E-state index contributed by atoms with van der Waals surface area (Å²) < 4.78 is 5.39. The van der Waals surface area contributed by atoms with E-state index in [1.165, 1.54) is 6.42 Å². The summed E-state index contributed by atoms with van der Waals surface area (Å²) in [5, 5.41) is 7.44. The molecule has 6 nitrogen and oxygen atoms in total. The van der Waals surface area contributed by atoms with E-state index in [0.29, 0.717) is 11.7 Å². The van der Waals surface area contributed by atoms with Crippen molar-refractivity contribution in [3.63, 3.8) is 0 Å². The highest BCUT2D eigenvalue weighted by molar-refractivity contribution is 5.55. The molecule has 2 aromatic heterocycles. The number of benzene rings is 1. The summed E-state index contributed by atoms with van der Waals surface area (Å²) >= 11 is 0. The van der Waals surface area contributed by atoms with E-state index in [1.807, 2.05) is 12.1 Å². The van der Waals surface area contributed by atoms with Crippen LogP contribution in [0.5, 0.6) is 0 Å². The van der Waals surface area contributed by atoms with Crippen LogP contribution in [-0.2, 0) is 0 Å². The zero-order chi connectivity index (χ0) is 16.4. The van der Waals surface area contributed by atoms with Gasteiger partial charge < -0.3 is 9.84 Å². The lowest BCUT2D eigenvalue weighted by Gasteiger charge is -2.20. The molecule has 0 saturated heterocycles. The fourth-order valence-electron chi connectivity index (χ4n) is 2.77. The molecule has 0 bridgehead atoms. The summed E-state index contributed by atoms with van der Waals surface area (Å²) in [4.78, 5) is 12.8. The number of rotatable bonds is 5. The van der Waals surface area contributed by atoms with Gasteiger partial charge >= 0.3 is 0 Å². The molecule has 1 saturated carbocycles. The number of hydrogen-bond acceptors (Lipinski definition) is 6. The minimum atomic E-state index is 0.131. The van der Waals surface area contributed by atoms with E-state index in [1.54, 1.807) is 18.6 Å². The fraction of sp³-hybridized carbons (Fsp3) is 0.333. The molecular weight excluding hydrogens is 302 g/mol. The van der Waals surface area contributed by atoms with Crippen molar-refractivity contribution in [2.24, 2.45) is 0 Å². The summed E-state index contributed by atoms with van der Waals surface area (Å²) in [6.07, 6.45) is 8.62. The van der Waals surface area contributed by atoms with Crippen LogP contribution in [0.4, 0.5) is 5.82 Å². The van der Waals surface area contributed by atoms with Crippen LogP contribution in [0, 0.1) is 0 Å². The molecule has 4 rings (SSSR count). The van der Waals surface area contributed by atoms with Gasteiger partial charge in [0.2, 0.25) is 11.7 Å². The van der Waals surface area contributed by atoms with E-state index >= 15 is 0 Å². The molecule has 1 aromatic carbocycles. The molecule has 2 heterocycles. The van der Waals surface area contributed by atoms with Gasteiger partial charge in [0.05, 0.1) is 6.20 Å². The standard InChI is InChI=1S/C18H19N5O/c1-12(21-16-11-19-9-10-20-16)13-5-7-14(8-6-13)17-22-18(24-23-17)15-3-2-4-15/h5-12,15H,2-4H2,1H3,(H,20,21)/t12-/m1/s1. The van der Waals surface area contributed by atoms with Gasteiger partial charge in [0.25, 0.3) is 0 Å². The molecule has 1 aliphatic carbocycles. The Labute approximate surface area is 140 Å². The van der Waals surface area contributed by atoms with Crippen molar-refractivity contribution in [2.75, 3.05) is 5.32 Å². The van der Waals surface area contributed by atoms with Crippen molar-refractivity contribution < 1.29 is 4.52 Å². The van der Waals surface area contributed by atoms with Gasteiger partial charge in [-0.1, -0.05) is 35.8 Å². The van der Waals surface area contributed by atoms with Crippen molar-refractivity contribution in [1.29, 1.82) is 0 Å². The molecular formula is C18H19N5O. The van der Waals surface area contributed by atoms with E-state index in [2.05, 4.69) is 44.5 Å². The average molecular weight is 321 g/mol. The Hall–Kier alpha value is -2.76. The Morgan fingerprint density at radius 1 is 1.17 bits per heavy atom. The van der Waals surface area contributed by atoms with Crippen LogP contribution in [0.15, 0.2) is 47.4 Å². The van der Waals surface area contributed by atoms with Crippen molar-refractivity contribution >= 4 is 5.82 Å². The number of nitrogens with zero attached hydrogens (tertiary/aromatic N) is 4. The van der Waals surface area contributed by atoms with E-state index in [9.17, 15) is 0 Å². The molecule has 1 N–H and O–H groups in total. The zero-order valence-electron chi connectivity index (χ0n) is 13.5. The molecule has 3 aromatic rings. The van der Waals surface area contributed by atoms with Crippen molar-refractivity contribution in [1.82, 2.24) is 20.1 Å². The van der Waals surface area contributed by atoms with Crippen LogP contribution in [0.2, 0.25) is 0 Å². The van der Waals surface area contributed by atoms with E-state index in [0.717, 1.165) is 35.7 Å². The van der Waals surface area contributed by atoms with Crippen molar-refractivity contribution in [3.05, 3.63) is 54.3 Å². The molecule has 6 heteroatoms. The molecule has 1 aliphatic rings. The predicted molar refractivity (Wildman–Crippen MR) is 90.4 cm³/mol. The predicted octanol–water partition coefficient (Wildman–Crippen LogP) is 3.97. The van der Waals surface area contributed by atoms with Crippen LogP contribution >= 0.6 is 0 Å². The SMILES string of the molecule is C[C@@H](Nc1cnccn1)c1ccc(-c2noc(C3CCC3)n2)cc1. The molecule has 1 atom stereocenters. The summed E-state index contributed by atoms with van der Waals surface area (Å²) in [7, 11) is 0. The third-order valence-electron chi connectivity index (χ3n) is 4.49. The third kappa shape index (κ3) is 2.99. The lowest BCUT2D eigenvalue weighted by Crippen LogP contribution is -2.08. The first-order chi connectivity index (χ1) is 11.8. The Bertz CT molecular complexity index is 796. The maximum atomic E-state index is 5.39. The number of hydrogen-bond donors (Lipinski definition) is 1. The Morgan fingerprint density at radius 3 is 2.67 bits per heavy atom. The van der Waals surface area contributed by atoms with Crippen LogP contribution in [0.1, 0.15) is 49.6 Å². The van der Waals surface area contributed by atoms with Gasteiger partial charge in [-0.3, -0.25) is 4.98 Å². The summed E-state index contributed by atoms with van der Waals surface area (Å²) in [6.45, 7) is 2.09. The van der Waals surface area contributed by atoms with Crippen molar-refractivity contribution in [3.8, 4) is 11.4 Å². The van der Waals surface area contributed by atoms with Crippen LogP contribution < -0.4 is 5.32 Å². The molecule has 122 valence electrons. The lowest BCUT2D eigenvalue weighted by atomic mass is 9.85. The molecule has 0 spiro atoms. The van der Waals surface area contributed by atoms with Crippen LogP contribution in [0.3, 0.4) is 0 Å². The maximum Gasteiger partial charge on any atom is 0.230 e. The van der Waals surface area contributed by atoms with Gasteiger partial charge in [0, 0.05) is 29.9 Å². The second-order valence-electron chi connectivity index (χ2n) is 6.16. The first-order valence-electron chi connectivity index (χ1n) is 8.26. The second-order valence-corrected chi connectivity index (χ2v) is 6.16. The maximum absolute atomic E-state index is 5.39. The largest absolute Gasteiger partial charge is 0.362 e. The third-order valence-corrected chi connectivity index (χ3v) is 4.49. The van der Waals surface area contributed by atoms with Crippen LogP contribution in [0.25, 0.3) is 11.4 Å². The number of anilines is 1. The van der Waals surface area contributed by atoms with Gasteiger partial charge in [0.15, 0.2) is 0 Å². The minimum absolute atomic E-state index is 0.131. The highest BCUT2D eigenvalue weighted by atomic mass is 16.5. The first-order valence-corrected chi connectivity index (χ1v) is 8.26. The smallest absolute Gasteiger partial charge is 0.230 e. The second kappa shape index (κ2) is 6.39. The van der Waals surface area contributed by atoms with Crippen molar-refractivity contribution in [2.45, 2.75) is 38.1 Å². The van der Waals surface area contributed by atoms with Gasteiger partial charge in [-0.25, -0.2) is 4.98 Å². The number of aromatic nitrogens is 4. The fourth-order valence-corrected chi connectivity index (χ4v) is 2.77. The number of nitrogens with one attached hydrogen (secondary N) is 1. The van der Waals surface area contributed by atoms with Gasteiger partial charge in [-0.15, -0.1) is 0 Å². The molecule has 0 radical (unpaired) electrons. The summed E-state index contributed by atoms with van der Waals surface area (Å²) in [5.41, 5.74) is 2.13. The summed E-state index contributed by atoms with van der Waals surface area (Å²) in [6, 6.07) is 8.33. The highest BCUT2D eigenvalue weighted by Gasteiger charge is 2.25. The minimum Gasteiger partial charge on any atom is -0.362 e. The Balaban J connectivity index is 1.46. The molecule has 24 heavy (non-hydrogen) atoms. The Morgan fingerprint density at radius 2 is 2.00 bits per heavy atom. The molecule has 0 aliphatic heterocycles. The van der Waals surface area contributed by atoms with Gasteiger partial charge in [-0.05, 0) is 25.3 Å². The van der Waals surface area contributed by atoms with E-state index in [4.69, 9.17) is 4.52 Å². The molecule has 1 fully saturated rings. The molecule has 0 unspecified atom stereocenters. The van der Waals surface area contributed by atoms with Crippen LogP contribution in [-0.4, -0.2) is 20.1 Å². The highest BCUT2D eigenvalue weighted by Crippen LogP contribution is 2.36. The zero-order valence-corrected chi connectivity index (χ0v) is 13.5. The first kappa shape index (κ1) is 14.8. The molecule has 0 amide bonds. The monoisotopic (exact) mass is 321 g/mol. The van der Waals surface area contributed by atoms with E-state index < -0.39 is 0 Å².